The van der Waals surface area contributed by atoms with Crippen molar-refractivity contribution in [2.75, 3.05) is 6.61 Å². The van der Waals surface area contributed by atoms with E-state index in [1.165, 1.54) is 12.1 Å². The van der Waals surface area contributed by atoms with Gasteiger partial charge in [0.2, 0.25) is 0 Å². The number of aromatic hydroxyl groups is 1. The van der Waals surface area contributed by atoms with Gasteiger partial charge in [-0.2, -0.15) is 0 Å². The third kappa shape index (κ3) is 3.74. The zero-order valence-electron chi connectivity index (χ0n) is 13.1. The van der Waals surface area contributed by atoms with E-state index < -0.39 is 0 Å². The number of hydrogen-bond acceptors (Lipinski definition) is 2. The molecule has 0 aliphatic carbocycles. The predicted octanol–water partition coefficient (Wildman–Crippen LogP) is 5.70. The van der Waals surface area contributed by atoms with Gasteiger partial charge in [-0.1, -0.05) is 29.8 Å². The quantitative estimate of drug-likeness (QED) is 0.679. The molecule has 0 fully saturated rings. The Hall–Kier alpha value is -2.26. The van der Waals surface area contributed by atoms with Crippen LogP contribution >= 0.6 is 11.6 Å². The summed E-state index contributed by atoms with van der Waals surface area (Å²) in [4.78, 5) is 0. The smallest absolute Gasteiger partial charge is 0.135 e. The zero-order valence-corrected chi connectivity index (χ0v) is 13.8. The zero-order chi connectivity index (χ0) is 17.0. The van der Waals surface area contributed by atoms with Gasteiger partial charge in [0.15, 0.2) is 0 Å². The summed E-state index contributed by atoms with van der Waals surface area (Å²) < 4.78 is 18.7. The van der Waals surface area contributed by atoms with Crippen molar-refractivity contribution in [3.63, 3.8) is 0 Å². The van der Waals surface area contributed by atoms with Gasteiger partial charge < -0.3 is 9.84 Å². The number of hydrogen-bond donors (Lipinski definition) is 1. The lowest BCUT2D eigenvalue weighted by atomic mass is 9.93. The molecule has 0 atom stereocenters. The Kier molecular flexibility index (Phi) is 5.45. The Morgan fingerprint density at radius 1 is 1.26 bits per heavy atom. The minimum absolute atomic E-state index is 0.0220. The molecule has 2 aromatic rings. The molecular formula is C19H18ClFO2. The Bertz CT molecular complexity index is 749. The summed E-state index contributed by atoms with van der Waals surface area (Å²) in [5, 5.41) is 9.99. The Morgan fingerprint density at radius 3 is 2.48 bits per heavy atom. The maximum Gasteiger partial charge on any atom is 0.135 e. The molecule has 0 bridgehead atoms. The number of allylic oxidation sites excluding steroid dienone is 2. The second-order valence-corrected chi connectivity index (χ2v) is 5.51. The van der Waals surface area contributed by atoms with Crippen LogP contribution in [0.4, 0.5) is 4.39 Å². The van der Waals surface area contributed by atoms with E-state index in [-0.39, 0.29) is 16.6 Å². The number of fused-ring (bicyclic) bond motifs is 1. The fraction of sp³-hybridized carbons (Fsp3) is 0.158. The van der Waals surface area contributed by atoms with Crippen LogP contribution in [0.1, 0.15) is 25.0 Å². The van der Waals surface area contributed by atoms with Crippen molar-refractivity contribution in [1.82, 2.24) is 0 Å². The van der Waals surface area contributed by atoms with E-state index >= 15 is 0 Å². The highest BCUT2D eigenvalue weighted by atomic mass is 35.5. The van der Waals surface area contributed by atoms with Crippen molar-refractivity contribution in [1.29, 1.82) is 0 Å². The maximum atomic E-state index is 13.0. The standard InChI is InChI=1S/C16H12ClFO2.C3H6/c1-9-12-6-15(19)14(17)7-16(12)20-8-13(9)10-2-4-11(18)5-3-10;1-3-2/h2-7,19H,8H2,1H3;3H,1H2,2H3. The highest BCUT2D eigenvalue weighted by Gasteiger charge is 2.20. The van der Waals surface area contributed by atoms with Gasteiger partial charge in [-0.05, 0) is 43.2 Å². The summed E-state index contributed by atoms with van der Waals surface area (Å²) in [6.45, 7) is 7.60. The molecule has 0 saturated heterocycles. The first-order chi connectivity index (χ1) is 11.0. The molecule has 0 saturated carbocycles. The van der Waals surface area contributed by atoms with Crippen molar-refractivity contribution in [3.8, 4) is 11.5 Å². The van der Waals surface area contributed by atoms with Gasteiger partial charge >= 0.3 is 0 Å². The van der Waals surface area contributed by atoms with Gasteiger partial charge in [0.25, 0.3) is 0 Å². The molecule has 1 N–H and O–H groups in total. The Labute approximate surface area is 140 Å². The van der Waals surface area contributed by atoms with E-state index in [4.69, 9.17) is 16.3 Å². The third-order valence-electron chi connectivity index (χ3n) is 3.47. The maximum absolute atomic E-state index is 13.0. The van der Waals surface area contributed by atoms with Crippen LogP contribution in [0, 0.1) is 5.82 Å². The van der Waals surface area contributed by atoms with Crippen LogP contribution in [0.5, 0.6) is 11.5 Å². The first-order valence-corrected chi connectivity index (χ1v) is 7.54. The van der Waals surface area contributed by atoms with Crippen molar-refractivity contribution in [3.05, 3.63) is 71.0 Å². The topological polar surface area (TPSA) is 29.5 Å². The molecule has 0 amide bonds. The number of phenolic OH excluding ortho intramolecular Hbond substituents is 1. The highest BCUT2D eigenvalue weighted by molar-refractivity contribution is 6.32. The van der Waals surface area contributed by atoms with Gasteiger partial charge in [-0.25, -0.2) is 4.39 Å². The van der Waals surface area contributed by atoms with E-state index in [0.29, 0.717) is 12.4 Å². The summed E-state index contributed by atoms with van der Waals surface area (Å²) in [6.07, 6.45) is 1.75. The molecule has 0 aromatic heterocycles. The normalized spacial score (nSPS) is 12.7. The molecule has 23 heavy (non-hydrogen) atoms. The third-order valence-corrected chi connectivity index (χ3v) is 3.77. The van der Waals surface area contributed by atoms with E-state index in [1.54, 1.807) is 30.3 Å². The number of benzene rings is 2. The first-order valence-electron chi connectivity index (χ1n) is 7.16. The van der Waals surface area contributed by atoms with Crippen LogP contribution in [-0.4, -0.2) is 11.7 Å². The molecule has 2 nitrogen and oxygen atoms in total. The van der Waals surface area contributed by atoms with Crippen LogP contribution in [0.15, 0.2) is 49.1 Å². The van der Waals surface area contributed by atoms with Gasteiger partial charge in [0.1, 0.15) is 23.9 Å². The largest absolute Gasteiger partial charge is 0.506 e. The summed E-state index contributed by atoms with van der Waals surface area (Å²) in [5.74, 6) is 0.401. The average molecular weight is 333 g/mol. The van der Waals surface area contributed by atoms with E-state index in [2.05, 4.69) is 6.58 Å². The number of rotatable bonds is 1. The van der Waals surface area contributed by atoms with Gasteiger partial charge in [0, 0.05) is 17.2 Å². The van der Waals surface area contributed by atoms with Crippen LogP contribution in [0.3, 0.4) is 0 Å². The fourth-order valence-electron chi connectivity index (χ4n) is 2.33. The SMILES string of the molecule is C=CC.CC1=C(c2ccc(F)cc2)COc2cc(Cl)c(O)cc21. The summed E-state index contributed by atoms with van der Waals surface area (Å²) in [5.41, 5.74) is 3.67. The van der Waals surface area contributed by atoms with Crippen LogP contribution < -0.4 is 4.74 Å². The average Bonchev–Trinajstić information content (AvgIpc) is 2.52. The number of phenols is 1. The first kappa shape index (κ1) is 17.1. The predicted molar refractivity (Wildman–Crippen MR) is 93.4 cm³/mol. The minimum Gasteiger partial charge on any atom is -0.506 e. The number of ether oxygens (including phenoxy) is 1. The molecule has 1 aliphatic heterocycles. The van der Waals surface area contributed by atoms with Crippen LogP contribution in [0.2, 0.25) is 5.02 Å². The summed E-state index contributed by atoms with van der Waals surface area (Å²) >= 11 is 5.88. The van der Waals surface area contributed by atoms with Gasteiger partial charge in [-0.3, -0.25) is 0 Å². The molecule has 1 heterocycles. The van der Waals surface area contributed by atoms with Gasteiger partial charge in [0.05, 0.1) is 5.02 Å². The number of halogens is 2. The monoisotopic (exact) mass is 332 g/mol. The second kappa shape index (κ2) is 7.34. The molecular weight excluding hydrogens is 315 g/mol. The van der Waals surface area contributed by atoms with Crippen molar-refractivity contribution >= 4 is 22.7 Å². The molecule has 0 spiro atoms. The molecule has 2 aromatic carbocycles. The molecule has 4 heteroatoms. The lowest BCUT2D eigenvalue weighted by Gasteiger charge is -2.23. The van der Waals surface area contributed by atoms with Crippen LogP contribution in [0.25, 0.3) is 11.1 Å². The Morgan fingerprint density at radius 2 is 1.87 bits per heavy atom. The fourth-order valence-corrected chi connectivity index (χ4v) is 2.48. The van der Waals surface area contributed by atoms with E-state index in [0.717, 1.165) is 22.3 Å². The molecule has 1 aliphatic rings. The molecule has 0 unspecified atom stereocenters. The molecule has 0 radical (unpaired) electrons. The summed E-state index contributed by atoms with van der Waals surface area (Å²) in [7, 11) is 0. The molecule has 3 rings (SSSR count). The van der Waals surface area contributed by atoms with Crippen molar-refractivity contribution < 1.29 is 14.2 Å². The van der Waals surface area contributed by atoms with Crippen molar-refractivity contribution in [2.24, 2.45) is 0 Å². The Balaban J connectivity index is 0.000000595. The van der Waals surface area contributed by atoms with E-state index in [9.17, 15) is 9.50 Å². The van der Waals surface area contributed by atoms with Gasteiger partial charge in [-0.15, -0.1) is 6.58 Å². The van der Waals surface area contributed by atoms with Crippen molar-refractivity contribution in [2.45, 2.75) is 13.8 Å². The van der Waals surface area contributed by atoms with Crippen LogP contribution in [-0.2, 0) is 0 Å². The summed E-state index contributed by atoms with van der Waals surface area (Å²) in [6, 6.07) is 9.48. The lowest BCUT2D eigenvalue weighted by Crippen LogP contribution is -2.09. The lowest BCUT2D eigenvalue weighted by molar-refractivity contribution is 0.363. The second-order valence-electron chi connectivity index (χ2n) is 5.11. The molecule has 120 valence electrons. The highest BCUT2D eigenvalue weighted by Crippen LogP contribution is 2.41. The minimum atomic E-state index is -0.270. The van der Waals surface area contributed by atoms with E-state index in [1.807, 2.05) is 13.8 Å².